The lowest BCUT2D eigenvalue weighted by Crippen LogP contribution is -2.76. The van der Waals surface area contributed by atoms with Crippen LogP contribution < -0.4 is 9.47 Å². The lowest BCUT2D eigenvalue weighted by Gasteiger charge is -2.62. The van der Waals surface area contributed by atoms with Gasteiger partial charge in [-0.3, -0.25) is 14.5 Å². The number of likely N-dealkylation sites (tertiary alicyclic amines) is 2. The van der Waals surface area contributed by atoms with Gasteiger partial charge in [0.05, 0.1) is 11.0 Å². The lowest BCUT2D eigenvalue weighted by molar-refractivity contribution is -0.187. The van der Waals surface area contributed by atoms with Crippen molar-refractivity contribution in [2.24, 2.45) is 5.92 Å². The maximum absolute atomic E-state index is 12.6. The third-order valence-corrected chi connectivity index (χ3v) is 13.1. The summed E-state index contributed by atoms with van der Waals surface area (Å²) in [5.41, 5.74) is 2.52. The van der Waals surface area contributed by atoms with E-state index in [1.807, 2.05) is 18.2 Å². The molecule has 9 heteroatoms. The molecule has 4 heterocycles. The normalized spacial score (nSPS) is 39.6. The Bertz CT molecular complexity index is 1690. The maximum atomic E-state index is 12.6. The molecular weight excluding hydrogens is 572 g/mol. The third kappa shape index (κ3) is 3.19. The first-order valence-corrected chi connectivity index (χ1v) is 16.5. The van der Waals surface area contributed by atoms with Crippen LogP contribution in [0.2, 0.25) is 0 Å². The van der Waals surface area contributed by atoms with Crippen molar-refractivity contribution in [3.05, 3.63) is 59.2 Å². The molecule has 2 aromatic rings. The summed E-state index contributed by atoms with van der Waals surface area (Å²) in [5.74, 6) is 2.02. The molecule has 4 aliphatic heterocycles. The first kappa shape index (κ1) is 27.9. The Morgan fingerprint density at radius 3 is 2.36 bits per heavy atom. The molecule has 9 nitrogen and oxygen atoms in total. The second kappa shape index (κ2) is 9.11. The second-order valence-corrected chi connectivity index (χ2v) is 14.7. The van der Waals surface area contributed by atoms with Gasteiger partial charge in [0, 0.05) is 54.6 Å². The van der Waals surface area contributed by atoms with E-state index in [1.54, 1.807) is 12.1 Å². The fourth-order valence-corrected chi connectivity index (χ4v) is 11.3. The Morgan fingerprint density at radius 2 is 1.60 bits per heavy atom. The summed E-state index contributed by atoms with van der Waals surface area (Å²) >= 11 is 0. The molecule has 0 radical (unpaired) electrons. The highest BCUT2D eigenvalue weighted by Gasteiger charge is 2.73. The fraction of sp³-hybridized carbons (Fsp3) is 0.556. The predicted molar refractivity (Wildman–Crippen MR) is 164 cm³/mol. The lowest BCUT2D eigenvalue weighted by atomic mass is 9.49. The van der Waals surface area contributed by atoms with E-state index in [2.05, 4.69) is 23.4 Å². The topological polar surface area (TPSA) is 120 Å². The summed E-state index contributed by atoms with van der Waals surface area (Å²) in [4.78, 5) is 29.9. The highest BCUT2D eigenvalue weighted by molar-refractivity contribution is 5.90. The van der Waals surface area contributed by atoms with Crippen molar-refractivity contribution in [2.45, 2.75) is 92.1 Å². The molecule has 236 valence electrons. The van der Waals surface area contributed by atoms with Crippen LogP contribution in [0.5, 0.6) is 23.0 Å². The van der Waals surface area contributed by atoms with E-state index in [1.165, 1.54) is 5.56 Å². The predicted octanol–water partition coefficient (Wildman–Crippen LogP) is 2.93. The molecule has 8 atom stereocenters. The quantitative estimate of drug-likeness (QED) is 0.440. The highest BCUT2D eigenvalue weighted by atomic mass is 16.5. The number of ether oxygens (including phenoxy) is 2. The summed E-state index contributed by atoms with van der Waals surface area (Å²) in [6.45, 7) is 6.36. The molecule has 2 spiro atoms. The fourth-order valence-electron chi connectivity index (χ4n) is 11.3. The third-order valence-electron chi connectivity index (χ3n) is 13.1. The number of hydrogen-bond donors (Lipinski definition) is 3. The zero-order valence-corrected chi connectivity index (χ0v) is 25.6. The van der Waals surface area contributed by atoms with E-state index in [0.717, 1.165) is 55.6 Å². The van der Waals surface area contributed by atoms with Crippen LogP contribution >= 0.6 is 0 Å². The van der Waals surface area contributed by atoms with Crippen molar-refractivity contribution in [3.63, 3.8) is 0 Å². The minimum absolute atomic E-state index is 0.0408. The average Bonchev–Trinajstić information content (AvgIpc) is 3.57. The molecule has 4 aliphatic carbocycles. The van der Waals surface area contributed by atoms with E-state index in [-0.39, 0.29) is 40.6 Å². The Morgan fingerprint density at radius 1 is 0.911 bits per heavy atom. The number of piperidine rings is 2. The van der Waals surface area contributed by atoms with E-state index >= 15 is 0 Å². The summed E-state index contributed by atoms with van der Waals surface area (Å²) in [6.07, 6.45) is 6.53. The van der Waals surface area contributed by atoms with Gasteiger partial charge in [0.15, 0.2) is 46.8 Å². The number of phenolic OH excluding ortho intramolecular Hbond substituents is 2. The standard InChI is InChI=1S/C19H21NO4.C17H19NO3/c1-2-8-20-9-7-18-15-11-3-4-12(21)16(15)24-17(18)13(22)5-6-19(18,23)14(20)10-11;1-18-7-6-17-10-3-5-13(20)16(17)21-15-12(19)4-2-9(14(15)17)8-11(10)18/h2-4,14,17,21,23H,1,5-10H2;2,4,10-11,16,19H,3,5-8H2,1H3/t14-,17+,18+,19-;10-,11+,16-,17-/m10/s1. The number of carbonyl (C=O) groups is 2. The molecule has 45 heavy (non-hydrogen) atoms. The summed E-state index contributed by atoms with van der Waals surface area (Å²) in [7, 11) is 2.20. The van der Waals surface area contributed by atoms with Gasteiger partial charge in [-0.05, 0) is 81.3 Å². The zero-order chi connectivity index (χ0) is 31.0. The SMILES string of the molecule is C=CCN1CC[C@]23c4c5ccc(O)c4O[C@H]2C(=O)CC[C@@]3(O)[C@H]1C5.CN1CC[C@]23c4c5ccc(O)c4O[C@H]2C(=O)CC[C@H]3[C@H]1C5. The van der Waals surface area contributed by atoms with E-state index < -0.39 is 17.1 Å². The van der Waals surface area contributed by atoms with Crippen LogP contribution in [0.1, 0.15) is 60.8 Å². The number of carbonyl (C=O) groups excluding carboxylic acids is 2. The van der Waals surface area contributed by atoms with Crippen LogP contribution in [0.25, 0.3) is 0 Å². The van der Waals surface area contributed by atoms with Crippen LogP contribution in [0, 0.1) is 5.92 Å². The number of Topliss-reactive ketones (excluding diaryl/α,β-unsaturated/α-hetero) is 2. The number of phenols is 2. The number of aliphatic hydroxyl groups is 1. The van der Waals surface area contributed by atoms with Gasteiger partial charge >= 0.3 is 0 Å². The minimum Gasteiger partial charge on any atom is -0.504 e. The van der Waals surface area contributed by atoms with Crippen LogP contribution in [0.4, 0.5) is 0 Å². The van der Waals surface area contributed by atoms with Gasteiger partial charge in [-0.15, -0.1) is 6.58 Å². The Hall–Kier alpha value is -3.40. The summed E-state index contributed by atoms with van der Waals surface area (Å²) in [6, 6.07) is 7.77. The Kier molecular flexibility index (Phi) is 5.64. The molecule has 2 saturated carbocycles. The molecule has 2 aromatic carbocycles. The van der Waals surface area contributed by atoms with Crippen molar-refractivity contribution >= 4 is 11.6 Å². The number of likely N-dealkylation sites (N-methyl/N-ethyl adjacent to an activating group) is 1. The molecule has 0 aromatic heterocycles. The van der Waals surface area contributed by atoms with Gasteiger partial charge in [-0.25, -0.2) is 0 Å². The molecule has 3 N–H and O–H groups in total. The zero-order valence-electron chi connectivity index (χ0n) is 25.6. The highest BCUT2D eigenvalue weighted by Crippen LogP contribution is 2.65. The van der Waals surface area contributed by atoms with Crippen LogP contribution in [0.15, 0.2) is 36.9 Å². The summed E-state index contributed by atoms with van der Waals surface area (Å²) < 4.78 is 12.0. The van der Waals surface area contributed by atoms with Crippen molar-refractivity contribution in [2.75, 3.05) is 26.7 Å². The van der Waals surface area contributed by atoms with Crippen LogP contribution in [-0.2, 0) is 33.3 Å². The first-order valence-electron chi connectivity index (χ1n) is 16.5. The van der Waals surface area contributed by atoms with Crippen molar-refractivity contribution in [3.8, 4) is 23.0 Å². The molecule has 0 amide bonds. The number of nitrogens with zero attached hydrogens (tertiary/aromatic N) is 2. The van der Waals surface area contributed by atoms with Crippen LogP contribution in [0.3, 0.4) is 0 Å². The molecule has 8 aliphatic rings. The number of benzene rings is 2. The minimum atomic E-state index is -1.00. The van der Waals surface area contributed by atoms with E-state index in [4.69, 9.17) is 9.47 Å². The molecule has 2 saturated heterocycles. The molecule has 4 fully saturated rings. The Balaban J connectivity index is 0.000000126. The largest absolute Gasteiger partial charge is 0.504 e. The van der Waals surface area contributed by atoms with Crippen molar-refractivity contribution < 1.29 is 34.4 Å². The monoisotopic (exact) mass is 612 g/mol. The van der Waals surface area contributed by atoms with Crippen LogP contribution in [-0.4, -0.2) is 93.3 Å². The summed E-state index contributed by atoms with van der Waals surface area (Å²) in [5, 5.41) is 32.3. The number of ketones is 2. The number of rotatable bonds is 2. The molecule has 10 rings (SSSR count). The molecule has 0 unspecified atom stereocenters. The first-order chi connectivity index (χ1) is 21.7. The smallest absolute Gasteiger partial charge is 0.174 e. The number of hydrogen-bond acceptors (Lipinski definition) is 9. The Labute approximate surface area is 262 Å². The average molecular weight is 613 g/mol. The second-order valence-electron chi connectivity index (χ2n) is 14.7. The van der Waals surface area contributed by atoms with Gasteiger partial charge in [0.2, 0.25) is 0 Å². The van der Waals surface area contributed by atoms with Gasteiger partial charge in [-0.2, -0.15) is 0 Å². The molecule has 4 bridgehead atoms. The van der Waals surface area contributed by atoms with E-state index in [0.29, 0.717) is 55.6 Å². The van der Waals surface area contributed by atoms with E-state index in [9.17, 15) is 24.9 Å². The maximum Gasteiger partial charge on any atom is 0.174 e. The van der Waals surface area contributed by atoms with Gasteiger partial charge in [-0.1, -0.05) is 18.2 Å². The van der Waals surface area contributed by atoms with Gasteiger partial charge in [0.25, 0.3) is 0 Å². The van der Waals surface area contributed by atoms with Gasteiger partial charge in [0.1, 0.15) is 0 Å². The van der Waals surface area contributed by atoms with Crippen molar-refractivity contribution in [1.29, 1.82) is 0 Å². The van der Waals surface area contributed by atoms with Gasteiger partial charge < -0.3 is 29.7 Å². The molecular formula is C36H40N2O7. The van der Waals surface area contributed by atoms with Crippen molar-refractivity contribution in [1.82, 2.24) is 9.80 Å². The number of aromatic hydroxyl groups is 2.